The Morgan fingerprint density at radius 1 is 1.30 bits per heavy atom. The van der Waals surface area contributed by atoms with Crippen molar-refractivity contribution >= 4 is 45.1 Å². The van der Waals surface area contributed by atoms with Crippen LogP contribution in [0, 0.1) is 0 Å². The Labute approximate surface area is 136 Å². The predicted octanol–water partition coefficient (Wildman–Crippen LogP) is 5.01. The standard InChI is InChI=1S/C14H15BrClN3S/c1-2-7-17-14-12(15)8-18-13(19-14)9-20-11-5-3-10(16)4-6-11/h3-6,8H,2,7,9H2,1H3,(H,17,18,19). The number of hydrogen-bond acceptors (Lipinski definition) is 4. The minimum atomic E-state index is 0.732. The number of halogens is 2. The van der Waals surface area contributed by atoms with Crippen LogP contribution >= 0.6 is 39.3 Å². The van der Waals surface area contributed by atoms with Crippen LogP contribution in [0.5, 0.6) is 0 Å². The molecule has 106 valence electrons. The molecule has 1 N–H and O–H groups in total. The van der Waals surface area contributed by atoms with Gasteiger partial charge in [-0.25, -0.2) is 9.97 Å². The van der Waals surface area contributed by atoms with Gasteiger partial charge in [-0.3, -0.25) is 0 Å². The Hall–Kier alpha value is -0.780. The van der Waals surface area contributed by atoms with Gasteiger partial charge >= 0.3 is 0 Å². The summed E-state index contributed by atoms with van der Waals surface area (Å²) in [4.78, 5) is 10.0. The zero-order valence-electron chi connectivity index (χ0n) is 11.1. The van der Waals surface area contributed by atoms with Crippen LogP contribution < -0.4 is 5.32 Å². The molecule has 0 saturated carbocycles. The van der Waals surface area contributed by atoms with Gasteiger partial charge in [0.05, 0.1) is 10.2 Å². The lowest BCUT2D eigenvalue weighted by Crippen LogP contribution is -2.05. The highest BCUT2D eigenvalue weighted by molar-refractivity contribution is 9.10. The Morgan fingerprint density at radius 3 is 2.75 bits per heavy atom. The second-order valence-electron chi connectivity index (χ2n) is 4.15. The largest absolute Gasteiger partial charge is 0.369 e. The van der Waals surface area contributed by atoms with Crippen molar-refractivity contribution < 1.29 is 0 Å². The van der Waals surface area contributed by atoms with E-state index < -0.39 is 0 Å². The molecule has 0 atom stereocenters. The van der Waals surface area contributed by atoms with Crippen molar-refractivity contribution in [3.63, 3.8) is 0 Å². The van der Waals surface area contributed by atoms with E-state index in [1.807, 2.05) is 24.3 Å². The zero-order chi connectivity index (χ0) is 14.4. The molecule has 0 unspecified atom stereocenters. The zero-order valence-corrected chi connectivity index (χ0v) is 14.2. The van der Waals surface area contributed by atoms with Crippen molar-refractivity contribution in [2.24, 2.45) is 0 Å². The molecular weight excluding hydrogens is 358 g/mol. The van der Waals surface area contributed by atoms with Gasteiger partial charge in [0.2, 0.25) is 0 Å². The van der Waals surface area contributed by atoms with Crippen LogP contribution in [-0.4, -0.2) is 16.5 Å². The van der Waals surface area contributed by atoms with Gasteiger partial charge in [0.25, 0.3) is 0 Å². The molecule has 2 rings (SSSR count). The van der Waals surface area contributed by atoms with Crippen molar-refractivity contribution in [3.05, 3.63) is 45.8 Å². The van der Waals surface area contributed by atoms with Crippen molar-refractivity contribution in [1.29, 1.82) is 0 Å². The highest BCUT2D eigenvalue weighted by Gasteiger charge is 2.05. The maximum Gasteiger partial charge on any atom is 0.144 e. The molecule has 20 heavy (non-hydrogen) atoms. The van der Waals surface area contributed by atoms with Gasteiger partial charge in [-0.1, -0.05) is 18.5 Å². The lowest BCUT2D eigenvalue weighted by molar-refractivity contribution is 0.946. The van der Waals surface area contributed by atoms with E-state index in [4.69, 9.17) is 11.6 Å². The molecule has 0 aliphatic rings. The molecule has 0 spiro atoms. The third-order valence-corrected chi connectivity index (χ3v) is 4.36. The highest BCUT2D eigenvalue weighted by atomic mass is 79.9. The third kappa shape index (κ3) is 4.65. The van der Waals surface area contributed by atoms with E-state index in [0.29, 0.717) is 0 Å². The molecule has 1 heterocycles. The van der Waals surface area contributed by atoms with Gasteiger partial charge in [-0.2, -0.15) is 0 Å². The molecule has 1 aromatic heterocycles. The highest BCUT2D eigenvalue weighted by Crippen LogP contribution is 2.25. The molecule has 0 aliphatic heterocycles. The number of benzene rings is 1. The first kappa shape index (κ1) is 15.6. The van der Waals surface area contributed by atoms with E-state index in [2.05, 4.69) is 38.1 Å². The second kappa shape index (κ2) is 7.86. The Morgan fingerprint density at radius 2 is 2.05 bits per heavy atom. The quantitative estimate of drug-likeness (QED) is 0.724. The van der Waals surface area contributed by atoms with Crippen LogP contribution in [0.4, 0.5) is 5.82 Å². The summed E-state index contributed by atoms with van der Waals surface area (Å²) in [6, 6.07) is 7.78. The molecule has 0 aliphatic carbocycles. The number of rotatable bonds is 6. The van der Waals surface area contributed by atoms with Crippen LogP contribution in [0.3, 0.4) is 0 Å². The monoisotopic (exact) mass is 371 g/mol. The van der Waals surface area contributed by atoms with Crippen LogP contribution in [0.15, 0.2) is 39.8 Å². The number of nitrogens with one attached hydrogen (secondary N) is 1. The predicted molar refractivity (Wildman–Crippen MR) is 89.5 cm³/mol. The molecule has 6 heteroatoms. The number of anilines is 1. The van der Waals surface area contributed by atoms with Gasteiger partial charge in [0, 0.05) is 22.7 Å². The fourth-order valence-electron chi connectivity index (χ4n) is 1.52. The van der Waals surface area contributed by atoms with E-state index in [9.17, 15) is 0 Å². The van der Waals surface area contributed by atoms with Gasteiger partial charge in [0.1, 0.15) is 11.6 Å². The lowest BCUT2D eigenvalue weighted by atomic mass is 10.4. The summed E-state index contributed by atoms with van der Waals surface area (Å²) in [5.41, 5.74) is 0. The summed E-state index contributed by atoms with van der Waals surface area (Å²) in [6.07, 6.45) is 2.86. The fourth-order valence-corrected chi connectivity index (χ4v) is 2.74. The first-order valence-electron chi connectivity index (χ1n) is 6.32. The first-order chi connectivity index (χ1) is 9.69. The minimum absolute atomic E-state index is 0.732. The van der Waals surface area contributed by atoms with E-state index in [0.717, 1.165) is 44.8 Å². The number of aromatic nitrogens is 2. The first-order valence-corrected chi connectivity index (χ1v) is 8.48. The van der Waals surface area contributed by atoms with Crippen LogP contribution in [0.1, 0.15) is 19.2 Å². The smallest absolute Gasteiger partial charge is 0.144 e. The number of nitrogens with zero attached hydrogens (tertiary/aromatic N) is 2. The number of hydrogen-bond donors (Lipinski definition) is 1. The maximum atomic E-state index is 5.87. The molecule has 3 nitrogen and oxygen atoms in total. The molecule has 2 aromatic rings. The van der Waals surface area contributed by atoms with E-state index >= 15 is 0 Å². The molecule has 0 fully saturated rings. The average molecular weight is 373 g/mol. The van der Waals surface area contributed by atoms with E-state index in [1.165, 1.54) is 0 Å². The van der Waals surface area contributed by atoms with Crippen LogP contribution in [-0.2, 0) is 5.75 Å². The second-order valence-corrected chi connectivity index (χ2v) is 6.49. The van der Waals surface area contributed by atoms with E-state index in [1.54, 1.807) is 18.0 Å². The Bertz CT molecular complexity index is 563. The SMILES string of the molecule is CCCNc1nc(CSc2ccc(Cl)cc2)ncc1Br. The van der Waals surface area contributed by atoms with Crippen molar-refractivity contribution in [1.82, 2.24) is 9.97 Å². The minimum Gasteiger partial charge on any atom is -0.369 e. The van der Waals surface area contributed by atoms with Crippen molar-refractivity contribution in [2.45, 2.75) is 24.0 Å². The van der Waals surface area contributed by atoms with E-state index in [-0.39, 0.29) is 0 Å². The summed E-state index contributed by atoms with van der Waals surface area (Å²) in [6.45, 7) is 3.03. The Kier molecular flexibility index (Phi) is 6.13. The van der Waals surface area contributed by atoms with Gasteiger partial charge < -0.3 is 5.32 Å². The molecule has 0 saturated heterocycles. The molecule has 0 bridgehead atoms. The normalized spacial score (nSPS) is 10.6. The number of thioether (sulfide) groups is 1. The van der Waals surface area contributed by atoms with Gasteiger partial charge in [-0.05, 0) is 46.6 Å². The fraction of sp³-hybridized carbons (Fsp3) is 0.286. The van der Waals surface area contributed by atoms with Crippen LogP contribution in [0.25, 0.3) is 0 Å². The lowest BCUT2D eigenvalue weighted by Gasteiger charge is -2.08. The van der Waals surface area contributed by atoms with Crippen LogP contribution in [0.2, 0.25) is 5.02 Å². The van der Waals surface area contributed by atoms with Gasteiger partial charge in [0.15, 0.2) is 0 Å². The molecule has 1 aromatic carbocycles. The summed E-state index contributed by atoms with van der Waals surface area (Å²) >= 11 is 11.0. The summed E-state index contributed by atoms with van der Waals surface area (Å²) in [7, 11) is 0. The average Bonchev–Trinajstić information content (AvgIpc) is 2.46. The molecule has 0 radical (unpaired) electrons. The summed E-state index contributed by atoms with van der Waals surface area (Å²) < 4.78 is 0.895. The topological polar surface area (TPSA) is 37.8 Å². The van der Waals surface area contributed by atoms with Gasteiger partial charge in [-0.15, -0.1) is 11.8 Å². The van der Waals surface area contributed by atoms with Crippen molar-refractivity contribution in [3.8, 4) is 0 Å². The summed E-state index contributed by atoms with van der Waals surface area (Å²) in [5.74, 6) is 2.40. The maximum absolute atomic E-state index is 5.87. The third-order valence-electron chi connectivity index (χ3n) is 2.52. The molecule has 0 amide bonds. The summed E-state index contributed by atoms with van der Waals surface area (Å²) in [5, 5.41) is 4.03. The molecular formula is C14H15BrClN3S. The Balaban J connectivity index is 2.00. The van der Waals surface area contributed by atoms with Crippen molar-refractivity contribution in [2.75, 3.05) is 11.9 Å².